The highest BCUT2D eigenvalue weighted by Crippen LogP contribution is 2.36. The highest BCUT2D eigenvalue weighted by Gasteiger charge is 2.27. The molecule has 0 aliphatic heterocycles. The first-order valence-corrected chi connectivity index (χ1v) is 9.00. The Bertz CT molecular complexity index is 498. The molecule has 1 aromatic rings. The summed E-state index contributed by atoms with van der Waals surface area (Å²) in [5, 5.41) is 3.68. The van der Waals surface area contributed by atoms with Gasteiger partial charge < -0.3 is 11.1 Å². The molecule has 1 aliphatic carbocycles. The van der Waals surface area contributed by atoms with Crippen LogP contribution in [-0.2, 0) is 0 Å². The monoisotopic (exact) mass is 368 g/mol. The van der Waals surface area contributed by atoms with E-state index in [2.05, 4.69) is 53.3 Å². The molecule has 0 spiro atoms. The molecule has 21 heavy (non-hydrogen) atoms. The number of thiocarbonyl (C=S) groups is 1. The van der Waals surface area contributed by atoms with Crippen molar-refractivity contribution in [2.45, 2.75) is 58.0 Å². The van der Waals surface area contributed by atoms with Gasteiger partial charge in [0, 0.05) is 10.5 Å². The van der Waals surface area contributed by atoms with E-state index in [9.17, 15) is 0 Å². The van der Waals surface area contributed by atoms with Crippen LogP contribution in [0.2, 0.25) is 0 Å². The van der Waals surface area contributed by atoms with Crippen LogP contribution in [0.5, 0.6) is 0 Å². The van der Waals surface area contributed by atoms with Crippen LogP contribution in [0, 0.1) is 12.8 Å². The second-order valence-corrected chi connectivity index (χ2v) is 7.55. The summed E-state index contributed by atoms with van der Waals surface area (Å²) in [5.74, 6) is 0.670. The minimum atomic E-state index is 0.0605. The molecule has 0 heterocycles. The highest BCUT2D eigenvalue weighted by atomic mass is 79.9. The fraction of sp³-hybridized carbons (Fsp3) is 0.588. The molecule has 0 bridgehead atoms. The van der Waals surface area contributed by atoms with Crippen LogP contribution < -0.4 is 11.1 Å². The molecule has 1 saturated carbocycles. The van der Waals surface area contributed by atoms with E-state index in [4.69, 9.17) is 18.0 Å². The summed E-state index contributed by atoms with van der Waals surface area (Å²) in [6.07, 6.45) is 6.60. The molecule has 1 aromatic carbocycles. The SMILES string of the molecule is Cc1ccc(Br)cc1C(NC(C)C(N)=S)C1CCCCC1. The zero-order chi connectivity index (χ0) is 15.4. The molecule has 2 nitrogen and oxygen atoms in total. The Kier molecular flexibility index (Phi) is 6.20. The Labute approximate surface area is 142 Å². The zero-order valence-electron chi connectivity index (χ0n) is 12.9. The van der Waals surface area contributed by atoms with Crippen LogP contribution in [0.15, 0.2) is 22.7 Å². The third-order valence-electron chi connectivity index (χ3n) is 4.55. The third-order valence-corrected chi connectivity index (χ3v) is 5.40. The average molecular weight is 369 g/mol. The predicted octanol–water partition coefficient (Wildman–Crippen LogP) is 4.64. The number of halogens is 1. The summed E-state index contributed by atoms with van der Waals surface area (Å²) in [7, 11) is 0. The summed E-state index contributed by atoms with van der Waals surface area (Å²) in [6.45, 7) is 4.25. The number of hydrogen-bond donors (Lipinski definition) is 2. The van der Waals surface area contributed by atoms with Crippen LogP contribution in [0.25, 0.3) is 0 Å². The van der Waals surface area contributed by atoms with Crippen LogP contribution in [0.3, 0.4) is 0 Å². The predicted molar refractivity (Wildman–Crippen MR) is 97.6 cm³/mol. The van der Waals surface area contributed by atoms with E-state index in [0.717, 1.165) is 4.47 Å². The van der Waals surface area contributed by atoms with Crippen molar-refractivity contribution in [3.8, 4) is 0 Å². The molecular formula is C17H25BrN2S. The second kappa shape index (κ2) is 7.70. The van der Waals surface area contributed by atoms with Crippen molar-refractivity contribution in [3.05, 3.63) is 33.8 Å². The van der Waals surface area contributed by atoms with Crippen molar-refractivity contribution in [1.29, 1.82) is 0 Å². The molecule has 4 heteroatoms. The fourth-order valence-electron chi connectivity index (χ4n) is 3.25. The molecule has 1 aliphatic rings. The lowest BCUT2D eigenvalue weighted by Crippen LogP contribution is -2.42. The fourth-order valence-corrected chi connectivity index (χ4v) is 3.69. The lowest BCUT2D eigenvalue weighted by Gasteiger charge is -2.34. The van der Waals surface area contributed by atoms with Gasteiger partial charge in [0.05, 0.1) is 11.0 Å². The van der Waals surface area contributed by atoms with Crippen molar-refractivity contribution >= 4 is 33.1 Å². The number of rotatable bonds is 5. The Morgan fingerprint density at radius 1 is 1.33 bits per heavy atom. The van der Waals surface area contributed by atoms with Gasteiger partial charge in [-0.25, -0.2) is 0 Å². The second-order valence-electron chi connectivity index (χ2n) is 6.17. The molecule has 3 N–H and O–H groups in total. The first-order valence-electron chi connectivity index (χ1n) is 7.80. The van der Waals surface area contributed by atoms with E-state index >= 15 is 0 Å². The number of aryl methyl sites for hydroxylation is 1. The normalized spacial score (nSPS) is 19.2. The minimum Gasteiger partial charge on any atom is -0.392 e. The van der Waals surface area contributed by atoms with E-state index in [1.54, 1.807) is 0 Å². The summed E-state index contributed by atoms with van der Waals surface area (Å²) in [5.41, 5.74) is 8.52. The number of nitrogens with one attached hydrogen (secondary N) is 1. The van der Waals surface area contributed by atoms with E-state index in [1.165, 1.54) is 43.2 Å². The Hall–Kier alpha value is -0.450. The van der Waals surface area contributed by atoms with Crippen molar-refractivity contribution < 1.29 is 0 Å². The summed E-state index contributed by atoms with van der Waals surface area (Å²) in [4.78, 5) is 0.545. The molecule has 2 unspecified atom stereocenters. The first kappa shape index (κ1) is 16.9. The van der Waals surface area contributed by atoms with Gasteiger partial charge in [-0.15, -0.1) is 0 Å². The number of nitrogens with two attached hydrogens (primary N) is 1. The molecule has 0 amide bonds. The summed E-state index contributed by atoms with van der Waals surface area (Å²) >= 11 is 8.76. The molecule has 116 valence electrons. The van der Waals surface area contributed by atoms with Crippen LogP contribution in [0.4, 0.5) is 0 Å². The van der Waals surface area contributed by atoms with Crippen molar-refractivity contribution in [1.82, 2.24) is 5.32 Å². The van der Waals surface area contributed by atoms with E-state index in [-0.39, 0.29) is 6.04 Å². The average Bonchev–Trinajstić information content (AvgIpc) is 2.48. The molecule has 0 aromatic heterocycles. The molecule has 2 atom stereocenters. The summed E-state index contributed by atoms with van der Waals surface area (Å²) in [6, 6.07) is 6.92. The topological polar surface area (TPSA) is 38.0 Å². The van der Waals surface area contributed by atoms with Gasteiger partial charge in [0.25, 0.3) is 0 Å². The van der Waals surface area contributed by atoms with Crippen LogP contribution in [0.1, 0.15) is 56.2 Å². The lowest BCUT2D eigenvalue weighted by molar-refractivity contribution is 0.267. The molecule has 0 saturated heterocycles. The molecular weight excluding hydrogens is 344 g/mol. The first-order chi connectivity index (χ1) is 9.99. The van der Waals surface area contributed by atoms with Gasteiger partial charge in [-0.1, -0.05) is 53.5 Å². The van der Waals surface area contributed by atoms with Crippen molar-refractivity contribution in [2.75, 3.05) is 0 Å². The van der Waals surface area contributed by atoms with Gasteiger partial charge in [0.15, 0.2) is 0 Å². The third kappa shape index (κ3) is 4.51. The maximum Gasteiger partial charge on any atom is 0.0897 e. The lowest BCUT2D eigenvalue weighted by atomic mass is 9.80. The van der Waals surface area contributed by atoms with Gasteiger partial charge >= 0.3 is 0 Å². The van der Waals surface area contributed by atoms with Crippen LogP contribution >= 0.6 is 28.1 Å². The highest BCUT2D eigenvalue weighted by molar-refractivity contribution is 9.10. The van der Waals surface area contributed by atoms with Gasteiger partial charge in [0.1, 0.15) is 0 Å². The number of hydrogen-bond acceptors (Lipinski definition) is 2. The Morgan fingerprint density at radius 2 is 2.00 bits per heavy atom. The van der Waals surface area contributed by atoms with Crippen molar-refractivity contribution in [2.24, 2.45) is 11.7 Å². The summed E-state index contributed by atoms with van der Waals surface area (Å²) < 4.78 is 1.13. The van der Waals surface area contributed by atoms with E-state index in [0.29, 0.717) is 16.9 Å². The molecule has 2 rings (SSSR count). The molecule has 0 radical (unpaired) electrons. The van der Waals surface area contributed by atoms with Gasteiger partial charge in [0.2, 0.25) is 0 Å². The minimum absolute atomic E-state index is 0.0605. The van der Waals surface area contributed by atoms with E-state index < -0.39 is 0 Å². The van der Waals surface area contributed by atoms with Crippen LogP contribution in [-0.4, -0.2) is 11.0 Å². The largest absolute Gasteiger partial charge is 0.392 e. The van der Waals surface area contributed by atoms with E-state index in [1.807, 2.05) is 0 Å². The standard InChI is InChI=1S/C17H25BrN2S/c1-11-8-9-14(18)10-15(11)16(20-12(2)17(19)21)13-6-4-3-5-7-13/h8-10,12-13,16,20H,3-7H2,1-2H3,(H2,19,21). The maximum absolute atomic E-state index is 5.82. The van der Waals surface area contributed by atoms with Gasteiger partial charge in [-0.2, -0.15) is 0 Å². The Morgan fingerprint density at radius 3 is 2.62 bits per heavy atom. The quantitative estimate of drug-likeness (QED) is 0.743. The van der Waals surface area contributed by atoms with Crippen molar-refractivity contribution in [3.63, 3.8) is 0 Å². The number of benzene rings is 1. The zero-order valence-corrected chi connectivity index (χ0v) is 15.3. The molecule has 1 fully saturated rings. The maximum atomic E-state index is 5.82. The van der Waals surface area contributed by atoms with Gasteiger partial charge in [-0.05, 0) is 55.9 Å². The Balaban J connectivity index is 2.29. The van der Waals surface area contributed by atoms with Gasteiger partial charge in [-0.3, -0.25) is 0 Å². The smallest absolute Gasteiger partial charge is 0.0897 e.